The summed E-state index contributed by atoms with van der Waals surface area (Å²) in [5.74, 6) is 0.531. The van der Waals surface area contributed by atoms with Gasteiger partial charge >= 0.3 is 0 Å². The zero-order valence-electron chi connectivity index (χ0n) is 12.0. The van der Waals surface area contributed by atoms with Gasteiger partial charge in [0.25, 0.3) is 5.91 Å². The van der Waals surface area contributed by atoms with Gasteiger partial charge in [0.15, 0.2) is 0 Å². The number of nitrogens with one attached hydrogen (secondary N) is 2. The quantitative estimate of drug-likeness (QED) is 0.841. The van der Waals surface area contributed by atoms with E-state index in [4.69, 9.17) is 0 Å². The SMILES string of the molecule is CCNc1ncc(Br)cc1C(=O)NCC(C)(C)CC. The highest BCUT2D eigenvalue weighted by Crippen LogP contribution is 2.20. The first-order chi connectivity index (χ1) is 8.89. The number of carbonyl (C=O) groups is 1. The third-order valence-corrected chi connectivity index (χ3v) is 3.56. The van der Waals surface area contributed by atoms with Crippen molar-refractivity contribution in [3.63, 3.8) is 0 Å². The molecule has 1 aromatic rings. The average molecular weight is 328 g/mol. The molecule has 1 aromatic heterocycles. The summed E-state index contributed by atoms with van der Waals surface area (Å²) in [6.45, 7) is 9.76. The van der Waals surface area contributed by atoms with Crippen LogP contribution in [-0.4, -0.2) is 24.0 Å². The highest BCUT2D eigenvalue weighted by atomic mass is 79.9. The van der Waals surface area contributed by atoms with Gasteiger partial charge < -0.3 is 10.6 Å². The fourth-order valence-electron chi connectivity index (χ4n) is 1.46. The van der Waals surface area contributed by atoms with Gasteiger partial charge in [-0.15, -0.1) is 0 Å². The number of carbonyl (C=O) groups excluding carboxylic acids is 1. The van der Waals surface area contributed by atoms with Gasteiger partial charge in [0.1, 0.15) is 5.82 Å². The van der Waals surface area contributed by atoms with E-state index in [0.717, 1.165) is 17.4 Å². The Morgan fingerprint density at radius 3 is 2.68 bits per heavy atom. The molecule has 5 heteroatoms. The molecule has 0 spiro atoms. The summed E-state index contributed by atoms with van der Waals surface area (Å²) in [7, 11) is 0. The summed E-state index contributed by atoms with van der Waals surface area (Å²) in [5, 5.41) is 6.08. The van der Waals surface area contributed by atoms with Gasteiger partial charge in [-0.1, -0.05) is 20.8 Å². The molecule has 1 heterocycles. The number of aromatic nitrogens is 1. The summed E-state index contributed by atoms with van der Waals surface area (Å²) >= 11 is 3.35. The summed E-state index contributed by atoms with van der Waals surface area (Å²) in [6.07, 6.45) is 2.70. The first kappa shape index (κ1) is 16.0. The summed E-state index contributed by atoms with van der Waals surface area (Å²) in [6, 6.07) is 1.79. The zero-order valence-corrected chi connectivity index (χ0v) is 13.6. The number of amides is 1. The third-order valence-electron chi connectivity index (χ3n) is 3.13. The molecule has 2 N–H and O–H groups in total. The number of halogens is 1. The molecule has 19 heavy (non-hydrogen) atoms. The Balaban J connectivity index is 2.83. The first-order valence-electron chi connectivity index (χ1n) is 6.57. The van der Waals surface area contributed by atoms with Crippen molar-refractivity contribution in [3.05, 3.63) is 22.3 Å². The second kappa shape index (κ2) is 6.89. The van der Waals surface area contributed by atoms with Crippen LogP contribution in [0, 0.1) is 5.41 Å². The maximum atomic E-state index is 12.2. The maximum Gasteiger partial charge on any atom is 0.255 e. The predicted molar refractivity (Wildman–Crippen MR) is 82.5 cm³/mol. The minimum absolute atomic E-state index is 0.0914. The molecule has 0 aliphatic rings. The fraction of sp³-hybridized carbons (Fsp3) is 0.571. The van der Waals surface area contributed by atoms with Crippen molar-refractivity contribution in [1.29, 1.82) is 0 Å². The lowest BCUT2D eigenvalue weighted by Gasteiger charge is -2.23. The molecule has 0 fully saturated rings. The van der Waals surface area contributed by atoms with Gasteiger partial charge in [-0.2, -0.15) is 0 Å². The minimum Gasteiger partial charge on any atom is -0.370 e. The molecule has 4 nitrogen and oxygen atoms in total. The molecule has 0 radical (unpaired) electrons. The smallest absolute Gasteiger partial charge is 0.255 e. The van der Waals surface area contributed by atoms with Crippen LogP contribution in [0.15, 0.2) is 16.7 Å². The number of hydrogen-bond donors (Lipinski definition) is 2. The minimum atomic E-state index is -0.0914. The standard InChI is InChI=1S/C14H22BrN3O/c1-5-14(3,4)9-18-13(19)11-7-10(15)8-17-12(11)16-6-2/h7-8H,5-6,9H2,1-4H3,(H,16,17)(H,18,19). The van der Waals surface area contributed by atoms with Gasteiger partial charge in [-0.25, -0.2) is 4.98 Å². The van der Waals surface area contributed by atoms with Gasteiger partial charge in [0.2, 0.25) is 0 Å². The summed E-state index contributed by atoms with van der Waals surface area (Å²) < 4.78 is 0.800. The fourth-order valence-corrected chi connectivity index (χ4v) is 1.79. The maximum absolute atomic E-state index is 12.2. The van der Waals surface area contributed by atoms with E-state index in [1.54, 1.807) is 12.3 Å². The van der Waals surface area contributed by atoms with Crippen LogP contribution in [0.1, 0.15) is 44.5 Å². The van der Waals surface area contributed by atoms with Crippen molar-refractivity contribution in [2.75, 3.05) is 18.4 Å². The van der Waals surface area contributed by atoms with E-state index in [0.29, 0.717) is 17.9 Å². The van der Waals surface area contributed by atoms with Crippen LogP contribution in [0.3, 0.4) is 0 Å². The van der Waals surface area contributed by atoms with E-state index >= 15 is 0 Å². The topological polar surface area (TPSA) is 54.0 Å². The predicted octanol–water partition coefficient (Wildman–Crippen LogP) is 3.44. The Bertz CT molecular complexity index is 446. The van der Waals surface area contributed by atoms with Gasteiger partial charge in [-0.3, -0.25) is 4.79 Å². The number of rotatable bonds is 6. The molecular formula is C14H22BrN3O. The Morgan fingerprint density at radius 2 is 2.11 bits per heavy atom. The van der Waals surface area contributed by atoms with E-state index < -0.39 is 0 Å². The van der Waals surface area contributed by atoms with E-state index in [1.807, 2.05) is 6.92 Å². The van der Waals surface area contributed by atoms with Crippen LogP contribution >= 0.6 is 15.9 Å². The molecule has 1 rings (SSSR count). The second-order valence-corrected chi connectivity index (χ2v) is 6.20. The molecule has 0 unspecified atom stereocenters. The molecule has 0 aliphatic carbocycles. The Morgan fingerprint density at radius 1 is 1.42 bits per heavy atom. The van der Waals surface area contributed by atoms with E-state index in [-0.39, 0.29) is 11.3 Å². The Hall–Kier alpha value is -1.10. The van der Waals surface area contributed by atoms with Crippen molar-refractivity contribution in [2.24, 2.45) is 5.41 Å². The highest BCUT2D eigenvalue weighted by Gasteiger charge is 2.18. The van der Waals surface area contributed by atoms with Gasteiger partial charge in [0, 0.05) is 23.8 Å². The third kappa shape index (κ3) is 4.82. The number of nitrogens with zero attached hydrogens (tertiary/aromatic N) is 1. The van der Waals surface area contributed by atoms with Crippen LogP contribution in [0.25, 0.3) is 0 Å². The van der Waals surface area contributed by atoms with Crippen molar-refractivity contribution < 1.29 is 4.79 Å². The first-order valence-corrected chi connectivity index (χ1v) is 7.36. The van der Waals surface area contributed by atoms with Gasteiger partial charge in [-0.05, 0) is 40.8 Å². The molecule has 0 saturated carbocycles. The highest BCUT2D eigenvalue weighted by molar-refractivity contribution is 9.10. The molecule has 0 atom stereocenters. The molecule has 106 valence electrons. The molecule has 0 saturated heterocycles. The molecular weight excluding hydrogens is 306 g/mol. The molecule has 0 aromatic carbocycles. The van der Waals surface area contributed by atoms with Crippen molar-refractivity contribution in [3.8, 4) is 0 Å². The van der Waals surface area contributed by atoms with E-state index in [9.17, 15) is 4.79 Å². The number of anilines is 1. The van der Waals surface area contributed by atoms with E-state index in [1.165, 1.54) is 0 Å². The average Bonchev–Trinajstić information content (AvgIpc) is 2.38. The van der Waals surface area contributed by atoms with Crippen LogP contribution < -0.4 is 10.6 Å². The lowest BCUT2D eigenvalue weighted by atomic mass is 9.90. The lowest BCUT2D eigenvalue weighted by Crippen LogP contribution is -2.34. The number of hydrogen-bond acceptors (Lipinski definition) is 3. The zero-order chi connectivity index (χ0) is 14.5. The normalized spacial score (nSPS) is 11.2. The summed E-state index contributed by atoms with van der Waals surface area (Å²) in [5.41, 5.74) is 0.677. The lowest BCUT2D eigenvalue weighted by molar-refractivity contribution is 0.0936. The van der Waals surface area contributed by atoms with Crippen molar-refractivity contribution in [2.45, 2.75) is 34.1 Å². The van der Waals surface area contributed by atoms with Crippen LogP contribution in [0.2, 0.25) is 0 Å². The van der Waals surface area contributed by atoms with Crippen LogP contribution in [-0.2, 0) is 0 Å². The largest absolute Gasteiger partial charge is 0.370 e. The molecule has 0 bridgehead atoms. The second-order valence-electron chi connectivity index (χ2n) is 5.28. The van der Waals surface area contributed by atoms with E-state index in [2.05, 4.69) is 52.3 Å². The Labute approximate surface area is 123 Å². The molecule has 0 aliphatic heterocycles. The van der Waals surface area contributed by atoms with Crippen LogP contribution in [0.5, 0.6) is 0 Å². The van der Waals surface area contributed by atoms with Crippen molar-refractivity contribution in [1.82, 2.24) is 10.3 Å². The number of pyridine rings is 1. The monoisotopic (exact) mass is 327 g/mol. The van der Waals surface area contributed by atoms with Crippen molar-refractivity contribution >= 4 is 27.7 Å². The molecule has 1 amide bonds. The summed E-state index contributed by atoms with van der Waals surface area (Å²) in [4.78, 5) is 16.5. The Kier molecular flexibility index (Phi) is 5.79. The van der Waals surface area contributed by atoms with Gasteiger partial charge in [0.05, 0.1) is 5.56 Å². The van der Waals surface area contributed by atoms with Crippen LogP contribution in [0.4, 0.5) is 5.82 Å².